The Morgan fingerprint density at radius 1 is 0.909 bits per heavy atom. The quantitative estimate of drug-likeness (QED) is 0.587. The van der Waals surface area contributed by atoms with Gasteiger partial charge in [-0.1, -0.05) is 48.5 Å². The van der Waals surface area contributed by atoms with Gasteiger partial charge in [0.15, 0.2) is 0 Å². The molecule has 3 aromatic rings. The van der Waals surface area contributed by atoms with Crippen molar-refractivity contribution in [3.8, 4) is 0 Å². The minimum Gasteiger partial charge on any atom is -0.352 e. The van der Waals surface area contributed by atoms with Crippen molar-refractivity contribution >= 4 is 23.4 Å². The van der Waals surface area contributed by atoms with E-state index in [4.69, 9.17) is 0 Å². The summed E-state index contributed by atoms with van der Waals surface area (Å²) in [6.45, 7) is 0.481. The predicted octanol–water partition coefficient (Wildman–Crippen LogP) is 3.40. The molecular weight excluding hydrogens is 414 g/mol. The lowest BCUT2D eigenvalue weighted by atomic mass is 9.59. The summed E-state index contributed by atoms with van der Waals surface area (Å²) in [5, 5.41) is 8.35. The van der Waals surface area contributed by atoms with E-state index in [2.05, 4.69) is 64.5 Å². The molecule has 6 heteroatoms. The zero-order valence-corrected chi connectivity index (χ0v) is 17.9. The van der Waals surface area contributed by atoms with Crippen molar-refractivity contribution in [1.29, 1.82) is 0 Å². The van der Waals surface area contributed by atoms with Crippen molar-refractivity contribution in [2.75, 3.05) is 18.4 Å². The monoisotopic (exact) mass is 437 g/mol. The van der Waals surface area contributed by atoms with Crippen LogP contribution < -0.4 is 16.0 Å². The molecule has 0 saturated heterocycles. The smallest absolute Gasteiger partial charge is 0.253 e. The Morgan fingerprint density at radius 2 is 1.58 bits per heavy atom. The fourth-order valence-electron chi connectivity index (χ4n) is 5.72. The van der Waals surface area contributed by atoms with Crippen LogP contribution in [0.2, 0.25) is 0 Å². The Labute approximate surface area is 191 Å². The third-order valence-electron chi connectivity index (χ3n) is 7.16. The summed E-state index contributed by atoms with van der Waals surface area (Å²) >= 11 is 0. The average Bonchev–Trinajstić information content (AvgIpc) is 2.99. The van der Waals surface area contributed by atoms with Gasteiger partial charge in [-0.25, -0.2) is 0 Å². The first-order valence-electron chi connectivity index (χ1n) is 11.3. The first kappa shape index (κ1) is 19.7. The standard InChI is InChI=1S/C27H23N3O3/c31-24-14-29-27(33)21-10-9-15(12-23(21)30-24)26(32)28-13-16-11-22-17-5-1-3-7-19(17)25(16)20-8-4-2-6-18(20)22/h1-10,12,16,22,25H,11,13-14H2,(H,28,32)(H,29,33)(H,30,31). The van der Waals surface area contributed by atoms with Crippen LogP contribution >= 0.6 is 0 Å². The van der Waals surface area contributed by atoms with Gasteiger partial charge in [0.1, 0.15) is 0 Å². The number of benzene rings is 3. The van der Waals surface area contributed by atoms with E-state index in [9.17, 15) is 14.4 Å². The summed E-state index contributed by atoms with van der Waals surface area (Å²) in [6.07, 6.45) is 0.999. The number of nitrogens with one attached hydrogen (secondary N) is 3. The maximum Gasteiger partial charge on any atom is 0.253 e. The number of anilines is 1. The Bertz CT molecular complexity index is 1270. The largest absolute Gasteiger partial charge is 0.352 e. The van der Waals surface area contributed by atoms with E-state index in [0.717, 1.165) is 6.42 Å². The summed E-state index contributed by atoms with van der Waals surface area (Å²) in [6, 6.07) is 22.1. The number of amides is 3. The molecular formula is C27H23N3O3. The van der Waals surface area contributed by atoms with Gasteiger partial charge in [-0.15, -0.1) is 0 Å². The van der Waals surface area contributed by atoms with E-state index in [1.165, 1.54) is 22.3 Å². The molecule has 2 bridgehead atoms. The van der Waals surface area contributed by atoms with Gasteiger partial charge in [-0.2, -0.15) is 0 Å². The lowest BCUT2D eigenvalue weighted by molar-refractivity contribution is -0.115. The van der Waals surface area contributed by atoms with Crippen molar-refractivity contribution in [3.05, 3.63) is 100 Å². The van der Waals surface area contributed by atoms with Gasteiger partial charge in [0, 0.05) is 23.9 Å². The molecule has 0 radical (unpaired) electrons. The molecule has 1 atom stereocenters. The maximum atomic E-state index is 13.0. The van der Waals surface area contributed by atoms with Crippen LogP contribution in [0.1, 0.15) is 61.2 Å². The molecule has 6 nitrogen and oxygen atoms in total. The van der Waals surface area contributed by atoms with Crippen molar-refractivity contribution in [3.63, 3.8) is 0 Å². The van der Waals surface area contributed by atoms with Crippen LogP contribution in [0.5, 0.6) is 0 Å². The Kier molecular flexibility index (Phi) is 4.54. The molecule has 3 aromatic carbocycles. The second-order valence-electron chi connectivity index (χ2n) is 8.99. The number of fused-ring (bicyclic) bond motifs is 2. The molecule has 3 aliphatic carbocycles. The molecule has 3 amide bonds. The maximum absolute atomic E-state index is 13.0. The average molecular weight is 437 g/mol. The van der Waals surface area contributed by atoms with Gasteiger partial charge in [0.2, 0.25) is 5.91 Å². The molecule has 1 heterocycles. The first-order chi connectivity index (χ1) is 16.1. The number of hydrogen-bond donors (Lipinski definition) is 3. The fourth-order valence-corrected chi connectivity index (χ4v) is 5.72. The number of carbonyl (C=O) groups excluding carboxylic acids is 3. The van der Waals surface area contributed by atoms with E-state index >= 15 is 0 Å². The van der Waals surface area contributed by atoms with Crippen molar-refractivity contribution in [2.45, 2.75) is 18.3 Å². The van der Waals surface area contributed by atoms with Crippen LogP contribution in [0.3, 0.4) is 0 Å². The SMILES string of the molecule is O=C1CNC(=O)c2ccc(C(=O)NCC3CC4c5ccccc5C3c3ccccc34)cc2N1. The lowest BCUT2D eigenvalue weighted by Gasteiger charge is -2.45. The number of hydrogen-bond acceptors (Lipinski definition) is 3. The predicted molar refractivity (Wildman–Crippen MR) is 124 cm³/mol. The Morgan fingerprint density at radius 3 is 2.27 bits per heavy atom. The van der Waals surface area contributed by atoms with Crippen molar-refractivity contribution in [1.82, 2.24) is 10.6 Å². The van der Waals surface area contributed by atoms with Crippen LogP contribution in [0.25, 0.3) is 0 Å². The highest BCUT2D eigenvalue weighted by atomic mass is 16.2. The fraction of sp³-hybridized carbons (Fsp3) is 0.222. The Hall–Kier alpha value is -3.93. The van der Waals surface area contributed by atoms with E-state index < -0.39 is 0 Å². The number of rotatable bonds is 3. The van der Waals surface area contributed by atoms with Crippen molar-refractivity contribution < 1.29 is 14.4 Å². The zero-order chi connectivity index (χ0) is 22.5. The topological polar surface area (TPSA) is 87.3 Å². The van der Waals surface area contributed by atoms with E-state index in [-0.39, 0.29) is 30.2 Å². The summed E-state index contributed by atoms with van der Waals surface area (Å²) < 4.78 is 0. The van der Waals surface area contributed by atoms with Crippen LogP contribution in [-0.4, -0.2) is 30.8 Å². The molecule has 4 aliphatic rings. The van der Waals surface area contributed by atoms with E-state index in [1.807, 2.05) is 0 Å². The summed E-state index contributed by atoms with van der Waals surface area (Å²) in [5.41, 5.74) is 6.69. The molecule has 0 aromatic heterocycles. The van der Waals surface area contributed by atoms with E-state index in [0.29, 0.717) is 35.2 Å². The second-order valence-corrected chi connectivity index (χ2v) is 8.99. The van der Waals surface area contributed by atoms with Crippen LogP contribution in [0.4, 0.5) is 5.69 Å². The molecule has 0 fully saturated rings. The van der Waals surface area contributed by atoms with Gasteiger partial charge in [-0.05, 0) is 52.8 Å². The van der Waals surface area contributed by atoms with Gasteiger partial charge < -0.3 is 16.0 Å². The van der Waals surface area contributed by atoms with Crippen molar-refractivity contribution in [2.24, 2.45) is 5.92 Å². The van der Waals surface area contributed by atoms with Crippen LogP contribution in [0, 0.1) is 5.92 Å². The number of carbonyl (C=O) groups is 3. The van der Waals surface area contributed by atoms with E-state index in [1.54, 1.807) is 18.2 Å². The molecule has 0 saturated carbocycles. The highest BCUT2D eigenvalue weighted by Crippen LogP contribution is 2.55. The molecule has 3 N–H and O–H groups in total. The molecule has 1 aliphatic heterocycles. The highest BCUT2D eigenvalue weighted by molar-refractivity contribution is 6.09. The minimum atomic E-state index is -0.328. The summed E-state index contributed by atoms with van der Waals surface area (Å²) in [5.74, 6) is 0.0686. The molecule has 33 heavy (non-hydrogen) atoms. The minimum absolute atomic E-state index is 0.0811. The zero-order valence-electron chi connectivity index (χ0n) is 17.9. The van der Waals surface area contributed by atoms with Gasteiger partial charge in [-0.3, -0.25) is 14.4 Å². The lowest BCUT2D eigenvalue weighted by Crippen LogP contribution is -2.39. The highest BCUT2D eigenvalue weighted by Gasteiger charge is 2.42. The van der Waals surface area contributed by atoms with Gasteiger partial charge in [0.05, 0.1) is 17.8 Å². The third kappa shape index (κ3) is 3.21. The third-order valence-corrected chi connectivity index (χ3v) is 7.16. The first-order valence-corrected chi connectivity index (χ1v) is 11.3. The molecule has 0 spiro atoms. The van der Waals surface area contributed by atoms with Crippen LogP contribution in [0.15, 0.2) is 66.7 Å². The molecule has 1 unspecified atom stereocenters. The molecule has 164 valence electrons. The van der Waals surface area contributed by atoms with Crippen LogP contribution in [-0.2, 0) is 4.79 Å². The normalized spacial score (nSPS) is 22.2. The van der Waals surface area contributed by atoms with Gasteiger partial charge >= 0.3 is 0 Å². The summed E-state index contributed by atoms with van der Waals surface area (Å²) in [7, 11) is 0. The summed E-state index contributed by atoms with van der Waals surface area (Å²) in [4.78, 5) is 37.0. The molecule has 7 rings (SSSR count). The Balaban J connectivity index is 1.24. The second kappa shape index (κ2) is 7.59. The van der Waals surface area contributed by atoms with Gasteiger partial charge in [0.25, 0.3) is 11.8 Å².